The van der Waals surface area contributed by atoms with Gasteiger partial charge in [-0.2, -0.15) is 5.10 Å². The first-order chi connectivity index (χ1) is 11.3. The van der Waals surface area contributed by atoms with E-state index in [-0.39, 0.29) is 5.91 Å². The Kier molecular flexibility index (Phi) is 4.38. The maximum atomic E-state index is 12.2. The second-order valence-corrected chi connectivity index (χ2v) is 4.92. The SMILES string of the molecule is CCOc1ccccc1/C=N\NC(=O)c1c[nH]c2ccccc12. The molecule has 0 fully saturated rings. The van der Waals surface area contributed by atoms with Crippen LogP contribution in [-0.2, 0) is 0 Å². The van der Waals surface area contributed by atoms with Crippen LogP contribution in [-0.4, -0.2) is 23.7 Å². The Balaban J connectivity index is 1.74. The summed E-state index contributed by atoms with van der Waals surface area (Å²) in [5, 5.41) is 4.90. The van der Waals surface area contributed by atoms with E-state index in [9.17, 15) is 4.79 Å². The van der Waals surface area contributed by atoms with Gasteiger partial charge >= 0.3 is 0 Å². The number of H-pyrrole nitrogens is 1. The smallest absolute Gasteiger partial charge is 0.273 e. The van der Waals surface area contributed by atoms with E-state index < -0.39 is 0 Å². The zero-order valence-corrected chi connectivity index (χ0v) is 12.7. The lowest BCUT2D eigenvalue weighted by Crippen LogP contribution is -2.17. The fourth-order valence-electron chi connectivity index (χ4n) is 2.35. The summed E-state index contributed by atoms with van der Waals surface area (Å²) in [6.07, 6.45) is 3.27. The highest BCUT2D eigenvalue weighted by Crippen LogP contribution is 2.18. The molecular formula is C18H17N3O2. The fraction of sp³-hybridized carbons (Fsp3) is 0.111. The van der Waals surface area contributed by atoms with Crippen LogP contribution in [0.25, 0.3) is 10.9 Å². The van der Waals surface area contributed by atoms with Crippen LogP contribution < -0.4 is 10.2 Å². The molecule has 0 bridgehead atoms. The Morgan fingerprint density at radius 3 is 2.87 bits per heavy atom. The number of para-hydroxylation sites is 2. The summed E-state index contributed by atoms with van der Waals surface area (Å²) >= 11 is 0. The lowest BCUT2D eigenvalue weighted by molar-refractivity contribution is 0.0957. The number of ether oxygens (including phenoxy) is 1. The standard InChI is InChI=1S/C18H17N3O2/c1-2-23-17-10-6-3-7-13(17)11-20-21-18(22)15-12-19-16-9-5-4-8-14(15)16/h3-12,19H,2H2,1H3,(H,21,22)/b20-11-. The van der Waals surface area contributed by atoms with Gasteiger partial charge in [0.2, 0.25) is 0 Å². The van der Waals surface area contributed by atoms with Gasteiger partial charge in [-0.05, 0) is 25.1 Å². The zero-order valence-electron chi connectivity index (χ0n) is 12.7. The topological polar surface area (TPSA) is 66.5 Å². The molecule has 0 aliphatic heterocycles. The second kappa shape index (κ2) is 6.79. The van der Waals surface area contributed by atoms with Crippen LogP contribution in [0.5, 0.6) is 5.75 Å². The molecule has 0 unspecified atom stereocenters. The number of amides is 1. The van der Waals surface area contributed by atoms with Crippen LogP contribution in [0.3, 0.4) is 0 Å². The van der Waals surface area contributed by atoms with Crippen molar-refractivity contribution in [1.82, 2.24) is 10.4 Å². The van der Waals surface area contributed by atoms with Crippen LogP contribution >= 0.6 is 0 Å². The van der Waals surface area contributed by atoms with Crippen molar-refractivity contribution in [3.63, 3.8) is 0 Å². The minimum Gasteiger partial charge on any atom is -0.493 e. The van der Waals surface area contributed by atoms with Crippen LogP contribution in [0.15, 0.2) is 59.8 Å². The molecule has 0 saturated heterocycles. The molecule has 3 aromatic rings. The fourth-order valence-corrected chi connectivity index (χ4v) is 2.35. The van der Waals surface area contributed by atoms with Crippen molar-refractivity contribution >= 4 is 23.0 Å². The molecule has 0 aliphatic carbocycles. The molecule has 5 heteroatoms. The van der Waals surface area contributed by atoms with Gasteiger partial charge in [-0.25, -0.2) is 5.43 Å². The van der Waals surface area contributed by atoms with Crippen molar-refractivity contribution in [1.29, 1.82) is 0 Å². The van der Waals surface area contributed by atoms with Crippen molar-refractivity contribution in [2.45, 2.75) is 6.92 Å². The molecule has 3 rings (SSSR count). The van der Waals surface area contributed by atoms with Gasteiger partial charge in [0, 0.05) is 22.7 Å². The summed E-state index contributed by atoms with van der Waals surface area (Å²) in [5.74, 6) is 0.479. The Bertz CT molecular complexity index is 852. The molecule has 0 aliphatic rings. The third kappa shape index (κ3) is 3.23. The van der Waals surface area contributed by atoms with Crippen molar-refractivity contribution in [3.8, 4) is 5.75 Å². The third-order valence-electron chi connectivity index (χ3n) is 3.42. The number of nitrogens with one attached hydrogen (secondary N) is 2. The molecule has 0 spiro atoms. The van der Waals surface area contributed by atoms with Crippen LogP contribution in [0, 0.1) is 0 Å². The van der Waals surface area contributed by atoms with Crippen molar-refractivity contribution in [3.05, 3.63) is 65.9 Å². The van der Waals surface area contributed by atoms with Crippen LogP contribution in [0.1, 0.15) is 22.8 Å². The van der Waals surface area contributed by atoms with Gasteiger partial charge in [0.25, 0.3) is 5.91 Å². The number of aromatic amines is 1. The number of rotatable bonds is 5. The number of hydrogen-bond donors (Lipinski definition) is 2. The first-order valence-electron chi connectivity index (χ1n) is 7.41. The van der Waals surface area contributed by atoms with Gasteiger partial charge in [0.05, 0.1) is 18.4 Å². The first kappa shape index (κ1) is 14.8. The highest BCUT2D eigenvalue weighted by Gasteiger charge is 2.10. The van der Waals surface area contributed by atoms with Gasteiger partial charge in [-0.15, -0.1) is 0 Å². The Morgan fingerprint density at radius 1 is 1.22 bits per heavy atom. The van der Waals surface area contributed by atoms with E-state index in [1.54, 1.807) is 12.4 Å². The lowest BCUT2D eigenvalue weighted by atomic mass is 10.2. The quantitative estimate of drug-likeness (QED) is 0.561. The molecular weight excluding hydrogens is 290 g/mol. The normalized spacial score (nSPS) is 11.0. The third-order valence-corrected chi connectivity index (χ3v) is 3.42. The van der Waals surface area contributed by atoms with Crippen LogP contribution in [0.2, 0.25) is 0 Å². The summed E-state index contributed by atoms with van der Waals surface area (Å²) in [7, 11) is 0. The summed E-state index contributed by atoms with van der Waals surface area (Å²) in [4.78, 5) is 15.3. The monoisotopic (exact) mass is 307 g/mol. The number of hydrogen-bond acceptors (Lipinski definition) is 3. The molecule has 116 valence electrons. The number of nitrogens with zero attached hydrogens (tertiary/aromatic N) is 1. The number of carbonyl (C=O) groups is 1. The molecule has 1 heterocycles. The highest BCUT2D eigenvalue weighted by molar-refractivity contribution is 6.06. The predicted octanol–water partition coefficient (Wildman–Crippen LogP) is 3.33. The molecule has 23 heavy (non-hydrogen) atoms. The van der Waals surface area contributed by atoms with Crippen molar-refractivity contribution in [2.24, 2.45) is 5.10 Å². The van der Waals surface area contributed by atoms with E-state index in [0.717, 1.165) is 22.2 Å². The van der Waals surface area contributed by atoms with E-state index in [4.69, 9.17) is 4.74 Å². The van der Waals surface area contributed by atoms with Crippen LogP contribution in [0.4, 0.5) is 0 Å². The predicted molar refractivity (Wildman–Crippen MR) is 91.0 cm³/mol. The molecule has 0 radical (unpaired) electrons. The van der Waals surface area contributed by atoms with E-state index in [1.807, 2.05) is 55.5 Å². The van der Waals surface area contributed by atoms with Gasteiger partial charge < -0.3 is 9.72 Å². The number of carbonyl (C=O) groups excluding carboxylic acids is 1. The van der Waals surface area contributed by atoms with E-state index in [2.05, 4.69) is 15.5 Å². The van der Waals surface area contributed by atoms with E-state index >= 15 is 0 Å². The lowest BCUT2D eigenvalue weighted by Gasteiger charge is -2.05. The highest BCUT2D eigenvalue weighted by atomic mass is 16.5. The maximum Gasteiger partial charge on any atom is 0.273 e. The number of aromatic nitrogens is 1. The number of fused-ring (bicyclic) bond motifs is 1. The van der Waals surface area contributed by atoms with E-state index in [1.165, 1.54) is 0 Å². The zero-order chi connectivity index (χ0) is 16.1. The Hall–Kier alpha value is -3.08. The molecule has 1 amide bonds. The summed E-state index contributed by atoms with van der Waals surface area (Å²) in [6, 6.07) is 15.2. The molecule has 0 saturated carbocycles. The molecule has 0 atom stereocenters. The average Bonchev–Trinajstić information content (AvgIpc) is 3.01. The van der Waals surface area contributed by atoms with Crippen molar-refractivity contribution in [2.75, 3.05) is 6.61 Å². The molecule has 2 N–H and O–H groups in total. The molecule has 5 nitrogen and oxygen atoms in total. The number of hydrazone groups is 1. The average molecular weight is 307 g/mol. The minimum atomic E-state index is -0.257. The summed E-state index contributed by atoms with van der Waals surface area (Å²) in [5.41, 5.74) is 4.85. The number of benzene rings is 2. The molecule has 2 aromatic carbocycles. The largest absolute Gasteiger partial charge is 0.493 e. The van der Waals surface area contributed by atoms with Gasteiger partial charge in [0.1, 0.15) is 5.75 Å². The first-order valence-corrected chi connectivity index (χ1v) is 7.41. The van der Waals surface area contributed by atoms with E-state index in [0.29, 0.717) is 12.2 Å². The second-order valence-electron chi connectivity index (χ2n) is 4.92. The summed E-state index contributed by atoms with van der Waals surface area (Å²) < 4.78 is 5.52. The minimum absolute atomic E-state index is 0.257. The maximum absolute atomic E-state index is 12.2. The van der Waals surface area contributed by atoms with Crippen molar-refractivity contribution < 1.29 is 9.53 Å². The van der Waals surface area contributed by atoms with Gasteiger partial charge in [-0.1, -0.05) is 30.3 Å². The Morgan fingerprint density at radius 2 is 2.00 bits per heavy atom. The van der Waals surface area contributed by atoms with Gasteiger partial charge in [-0.3, -0.25) is 4.79 Å². The van der Waals surface area contributed by atoms with Gasteiger partial charge in [0.15, 0.2) is 0 Å². The molecule has 1 aromatic heterocycles. The Labute approximate surface area is 134 Å². The summed E-state index contributed by atoms with van der Waals surface area (Å²) in [6.45, 7) is 2.50.